The van der Waals surface area contributed by atoms with Crippen LogP contribution in [0, 0.1) is 5.41 Å². The maximum Gasteiger partial charge on any atom is 0.128 e. The second-order valence-corrected chi connectivity index (χ2v) is 7.19. The molecule has 0 saturated heterocycles. The predicted octanol–water partition coefficient (Wildman–Crippen LogP) is 4.10. The molecule has 0 amide bonds. The lowest BCUT2D eigenvalue weighted by molar-refractivity contribution is 0.328. The molecular formula is C16H28ClN3. The maximum atomic E-state index is 6.23. The molecule has 1 heterocycles. The molecule has 114 valence electrons. The van der Waals surface area contributed by atoms with E-state index in [4.69, 9.17) is 16.6 Å². The highest BCUT2D eigenvalue weighted by Crippen LogP contribution is 2.27. The Bertz CT molecular complexity index is 438. The molecule has 0 aliphatic heterocycles. The molecule has 0 aromatic carbocycles. The van der Waals surface area contributed by atoms with E-state index in [-0.39, 0.29) is 5.41 Å². The third-order valence-corrected chi connectivity index (χ3v) is 4.12. The number of nitrogens with zero attached hydrogens (tertiary/aromatic N) is 2. The Balaban J connectivity index is 2.94. The normalized spacial score (nSPS) is 13.7. The summed E-state index contributed by atoms with van der Waals surface area (Å²) in [6, 6.07) is 4.74. The fourth-order valence-corrected chi connectivity index (χ4v) is 2.05. The highest BCUT2D eigenvalue weighted by Gasteiger charge is 2.25. The first-order chi connectivity index (χ1) is 9.12. The first-order valence-corrected chi connectivity index (χ1v) is 7.62. The number of nitrogens with one attached hydrogen (secondary N) is 1. The summed E-state index contributed by atoms with van der Waals surface area (Å²) in [6.07, 6.45) is 0. The van der Waals surface area contributed by atoms with Gasteiger partial charge in [0.25, 0.3) is 0 Å². The van der Waals surface area contributed by atoms with Gasteiger partial charge < -0.3 is 10.2 Å². The van der Waals surface area contributed by atoms with Gasteiger partial charge in [0.1, 0.15) is 5.82 Å². The van der Waals surface area contributed by atoms with Crippen LogP contribution in [0.3, 0.4) is 0 Å². The van der Waals surface area contributed by atoms with E-state index < -0.39 is 0 Å². The second kappa shape index (κ2) is 6.77. The molecule has 0 bridgehead atoms. The van der Waals surface area contributed by atoms with Crippen molar-refractivity contribution in [2.24, 2.45) is 5.41 Å². The van der Waals surface area contributed by atoms with Gasteiger partial charge in [-0.05, 0) is 24.5 Å². The Hall–Kier alpha value is -0.800. The SMILES string of the molecule is CC(C)NCc1nc(N(C)C(C)C(C)(C)C)ccc1Cl. The van der Waals surface area contributed by atoms with E-state index in [0.29, 0.717) is 18.6 Å². The summed E-state index contributed by atoms with van der Waals surface area (Å²) in [5.41, 5.74) is 1.11. The largest absolute Gasteiger partial charge is 0.356 e. The molecule has 0 spiro atoms. The lowest BCUT2D eigenvalue weighted by Crippen LogP contribution is -2.40. The molecular weight excluding hydrogens is 270 g/mol. The van der Waals surface area contributed by atoms with Crippen molar-refractivity contribution in [3.8, 4) is 0 Å². The van der Waals surface area contributed by atoms with Crippen LogP contribution in [0.15, 0.2) is 12.1 Å². The van der Waals surface area contributed by atoms with Gasteiger partial charge in [0.05, 0.1) is 10.7 Å². The number of aromatic nitrogens is 1. The maximum absolute atomic E-state index is 6.23. The van der Waals surface area contributed by atoms with Crippen LogP contribution in [0.25, 0.3) is 0 Å². The van der Waals surface area contributed by atoms with Gasteiger partial charge in [0.2, 0.25) is 0 Å². The van der Waals surface area contributed by atoms with Crippen LogP contribution in [0.4, 0.5) is 5.82 Å². The zero-order valence-corrected chi connectivity index (χ0v) is 14.5. The Morgan fingerprint density at radius 2 is 1.85 bits per heavy atom. The average molecular weight is 298 g/mol. The summed E-state index contributed by atoms with van der Waals surface area (Å²) in [7, 11) is 2.09. The van der Waals surface area contributed by atoms with Crippen molar-refractivity contribution in [3.63, 3.8) is 0 Å². The standard InChI is InChI=1S/C16H28ClN3/c1-11(2)18-10-14-13(17)8-9-15(19-14)20(7)12(3)16(4,5)6/h8-9,11-12,18H,10H2,1-7H3. The predicted molar refractivity (Wildman–Crippen MR) is 88.5 cm³/mol. The van der Waals surface area contributed by atoms with Gasteiger partial charge in [-0.3, -0.25) is 0 Å². The van der Waals surface area contributed by atoms with E-state index in [1.807, 2.05) is 12.1 Å². The number of hydrogen-bond acceptors (Lipinski definition) is 3. The first kappa shape index (κ1) is 17.3. The average Bonchev–Trinajstić information content (AvgIpc) is 2.34. The van der Waals surface area contributed by atoms with E-state index >= 15 is 0 Å². The van der Waals surface area contributed by atoms with Gasteiger partial charge in [0.15, 0.2) is 0 Å². The van der Waals surface area contributed by atoms with E-state index in [9.17, 15) is 0 Å². The number of anilines is 1. The molecule has 0 fully saturated rings. The second-order valence-electron chi connectivity index (χ2n) is 6.79. The third kappa shape index (κ3) is 4.64. The van der Waals surface area contributed by atoms with Crippen molar-refractivity contribution < 1.29 is 0 Å². The summed E-state index contributed by atoms with van der Waals surface area (Å²) >= 11 is 6.23. The zero-order valence-electron chi connectivity index (χ0n) is 13.8. The van der Waals surface area contributed by atoms with Crippen LogP contribution in [0.1, 0.15) is 47.2 Å². The van der Waals surface area contributed by atoms with Crippen LogP contribution in [-0.4, -0.2) is 24.1 Å². The number of pyridine rings is 1. The molecule has 1 aromatic heterocycles. The lowest BCUT2D eigenvalue weighted by Gasteiger charge is -2.36. The van der Waals surface area contributed by atoms with E-state index in [0.717, 1.165) is 16.5 Å². The minimum Gasteiger partial charge on any atom is -0.356 e. The van der Waals surface area contributed by atoms with E-state index in [1.54, 1.807) is 0 Å². The zero-order chi connectivity index (χ0) is 15.5. The van der Waals surface area contributed by atoms with Crippen molar-refractivity contribution in [2.45, 2.75) is 60.2 Å². The van der Waals surface area contributed by atoms with Crippen molar-refractivity contribution in [1.29, 1.82) is 0 Å². The van der Waals surface area contributed by atoms with Crippen LogP contribution < -0.4 is 10.2 Å². The Morgan fingerprint density at radius 3 is 2.35 bits per heavy atom. The number of hydrogen-bond donors (Lipinski definition) is 1. The number of halogens is 1. The van der Waals surface area contributed by atoms with E-state index in [2.05, 4.69) is 58.8 Å². The minimum atomic E-state index is 0.201. The minimum absolute atomic E-state index is 0.201. The van der Waals surface area contributed by atoms with Crippen molar-refractivity contribution in [1.82, 2.24) is 10.3 Å². The molecule has 1 atom stereocenters. The molecule has 0 radical (unpaired) electrons. The van der Waals surface area contributed by atoms with Gasteiger partial charge >= 0.3 is 0 Å². The van der Waals surface area contributed by atoms with Crippen molar-refractivity contribution in [2.75, 3.05) is 11.9 Å². The molecule has 3 nitrogen and oxygen atoms in total. The molecule has 20 heavy (non-hydrogen) atoms. The highest BCUT2D eigenvalue weighted by molar-refractivity contribution is 6.31. The number of rotatable bonds is 5. The summed E-state index contributed by atoms with van der Waals surface area (Å²) in [6.45, 7) is 13.9. The van der Waals surface area contributed by atoms with Crippen LogP contribution in [0.5, 0.6) is 0 Å². The highest BCUT2D eigenvalue weighted by atomic mass is 35.5. The first-order valence-electron chi connectivity index (χ1n) is 7.24. The Kier molecular flexibility index (Phi) is 5.84. The van der Waals surface area contributed by atoms with Gasteiger partial charge in [-0.15, -0.1) is 0 Å². The quantitative estimate of drug-likeness (QED) is 0.887. The lowest BCUT2D eigenvalue weighted by atomic mass is 9.87. The van der Waals surface area contributed by atoms with Crippen molar-refractivity contribution >= 4 is 17.4 Å². The fraction of sp³-hybridized carbons (Fsp3) is 0.688. The van der Waals surface area contributed by atoms with Gasteiger partial charge in [-0.25, -0.2) is 4.98 Å². The Labute approximate surface area is 128 Å². The molecule has 0 aliphatic carbocycles. The molecule has 4 heteroatoms. The van der Waals surface area contributed by atoms with Crippen LogP contribution >= 0.6 is 11.6 Å². The molecule has 1 N–H and O–H groups in total. The Morgan fingerprint density at radius 1 is 1.25 bits per heavy atom. The summed E-state index contributed by atoms with van der Waals surface area (Å²) in [4.78, 5) is 6.93. The van der Waals surface area contributed by atoms with Crippen LogP contribution in [0.2, 0.25) is 5.02 Å². The summed E-state index contributed by atoms with van der Waals surface area (Å²) < 4.78 is 0. The molecule has 1 rings (SSSR count). The molecule has 1 unspecified atom stereocenters. The third-order valence-electron chi connectivity index (χ3n) is 3.78. The van der Waals surface area contributed by atoms with Crippen LogP contribution in [-0.2, 0) is 6.54 Å². The monoisotopic (exact) mass is 297 g/mol. The van der Waals surface area contributed by atoms with Gasteiger partial charge in [-0.1, -0.05) is 46.2 Å². The summed E-state index contributed by atoms with van der Waals surface area (Å²) in [5, 5.41) is 4.08. The van der Waals surface area contributed by atoms with Gasteiger partial charge in [-0.2, -0.15) is 0 Å². The topological polar surface area (TPSA) is 28.2 Å². The van der Waals surface area contributed by atoms with Gasteiger partial charge in [0, 0.05) is 25.7 Å². The molecule has 0 aliphatic rings. The van der Waals surface area contributed by atoms with E-state index in [1.165, 1.54) is 0 Å². The van der Waals surface area contributed by atoms with Crippen molar-refractivity contribution in [3.05, 3.63) is 22.8 Å². The molecule has 0 saturated carbocycles. The smallest absolute Gasteiger partial charge is 0.128 e. The fourth-order valence-electron chi connectivity index (χ4n) is 1.87. The molecule has 1 aromatic rings. The summed E-state index contributed by atoms with van der Waals surface area (Å²) in [5.74, 6) is 0.970.